The number of nitrogens with one attached hydrogen (secondary N) is 2. The molecule has 148 valence electrons. The largest absolute Gasteiger partial charge is 0.457 e. The minimum absolute atomic E-state index is 0.245. The molecule has 1 heterocycles. The number of anilines is 1. The molecule has 6 heteroatoms. The summed E-state index contributed by atoms with van der Waals surface area (Å²) >= 11 is 11.4. The van der Waals surface area contributed by atoms with Crippen LogP contribution in [-0.4, -0.2) is 11.0 Å². The monoisotopic (exact) mass is 424 g/mol. The smallest absolute Gasteiger partial charge is 0.250 e. The molecule has 0 spiro atoms. The van der Waals surface area contributed by atoms with Crippen LogP contribution in [0.5, 0.6) is 0 Å². The molecule has 0 saturated heterocycles. The van der Waals surface area contributed by atoms with Crippen LogP contribution in [0.3, 0.4) is 0 Å². The second kappa shape index (κ2) is 9.54. The topological polar surface area (TPSA) is 54.3 Å². The van der Waals surface area contributed by atoms with Crippen LogP contribution in [0.15, 0.2) is 65.1 Å². The van der Waals surface area contributed by atoms with Gasteiger partial charge in [0.25, 0.3) is 0 Å². The third kappa shape index (κ3) is 5.56. The first-order valence-corrected chi connectivity index (χ1v) is 9.99. The van der Waals surface area contributed by atoms with E-state index in [1.807, 2.05) is 55.5 Å². The van der Waals surface area contributed by atoms with Crippen LogP contribution >= 0.6 is 23.8 Å². The van der Waals surface area contributed by atoms with Crippen LogP contribution in [0, 0.1) is 6.92 Å². The van der Waals surface area contributed by atoms with Crippen LogP contribution in [0.4, 0.5) is 5.69 Å². The molecule has 2 N–H and O–H groups in total. The maximum absolute atomic E-state index is 12.1. The van der Waals surface area contributed by atoms with Crippen LogP contribution in [-0.2, 0) is 11.2 Å². The van der Waals surface area contributed by atoms with Gasteiger partial charge in [-0.15, -0.1) is 0 Å². The number of carbonyl (C=O) groups is 1. The average Bonchev–Trinajstić information content (AvgIpc) is 3.18. The van der Waals surface area contributed by atoms with E-state index in [0.29, 0.717) is 16.5 Å². The first kappa shape index (κ1) is 20.8. The third-order valence-corrected chi connectivity index (χ3v) is 4.98. The Morgan fingerprint density at radius 2 is 1.97 bits per heavy atom. The van der Waals surface area contributed by atoms with E-state index in [-0.39, 0.29) is 11.0 Å². The molecular weight excluding hydrogens is 404 g/mol. The van der Waals surface area contributed by atoms with Gasteiger partial charge in [0.1, 0.15) is 11.5 Å². The van der Waals surface area contributed by atoms with Crippen LogP contribution < -0.4 is 10.6 Å². The number of hydrogen-bond acceptors (Lipinski definition) is 3. The minimum Gasteiger partial charge on any atom is -0.457 e. The Hall–Kier alpha value is -2.89. The summed E-state index contributed by atoms with van der Waals surface area (Å²) in [6.45, 7) is 4.01. The summed E-state index contributed by atoms with van der Waals surface area (Å²) in [6.07, 6.45) is 3.84. The second-order valence-electron chi connectivity index (χ2n) is 6.45. The summed E-state index contributed by atoms with van der Waals surface area (Å²) in [5.41, 5.74) is 3.89. The van der Waals surface area contributed by atoms with Crippen molar-refractivity contribution in [2.45, 2.75) is 20.3 Å². The summed E-state index contributed by atoms with van der Waals surface area (Å²) in [4.78, 5) is 12.1. The number of hydrogen-bond donors (Lipinski definition) is 2. The van der Waals surface area contributed by atoms with E-state index in [9.17, 15) is 4.79 Å². The highest BCUT2D eigenvalue weighted by Crippen LogP contribution is 2.27. The van der Waals surface area contributed by atoms with E-state index >= 15 is 0 Å². The summed E-state index contributed by atoms with van der Waals surface area (Å²) < 4.78 is 5.77. The van der Waals surface area contributed by atoms with E-state index < -0.39 is 0 Å². The standard InChI is InChI=1S/C23H21ClN2O2S/c1-3-16-6-4-5-7-20(16)25-23(29)26-22(27)13-11-18-10-12-21(28-18)17-9-8-15(2)19(24)14-17/h4-14H,3H2,1-2H3,(H2,25,26,27,29)/b13-11+. The number of furan rings is 1. The molecule has 0 unspecified atom stereocenters. The minimum atomic E-state index is -0.340. The Labute approximate surface area is 180 Å². The molecule has 0 fully saturated rings. The number of carbonyl (C=O) groups excluding carboxylic acids is 1. The maximum Gasteiger partial charge on any atom is 0.250 e. The highest BCUT2D eigenvalue weighted by Gasteiger charge is 2.07. The van der Waals surface area contributed by atoms with Crippen molar-refractivity contribution in [3.63, 3.8) is 0 Å². The second-order valence-corrected chi connectivity index (χ2v) is 7.27. The first-order valence-electron chi connectivity index (χ1n) is 9.20. The molecule has 2 aromatic carbocycles. The fourth-order valence-corrected chi connectivity index (χ4v) is 3.15. The molecule has 3 aromatic rings. The molecule has 1 aromatic heterocycles. The Balaban J connectivity index is 1.60. The Morgan fingerprint density at radius 1 is 1.17 bits per heavy atom. The molecule has 1 amide bonds. The van der Waals surface area contributed by atoms with E-state index in [1.54, 1.807) is 12.1 Å². The fraction of sp³-hybridized carbons (Fsp3) is 0.130. The first-order chi connectivity index (χ1) is 14.0. The van der Waals surface area contributed by atoms with Crippen molar-refractivity contribution in [3.8, 4) is 11.3 Å². The Bertz CT molecular complexity index is 1070. The lowest BCUT2D eigenvalue weighted by Crippen LogP contribution is -2.33. The molecule has 0 aliphatic rings. The summed E-state index contributed by atoms with van der Waals surface area (Å²) in [6, 6.07) is 17.2. The third-order valence-electron chi connectivity index (χ3n) is 4.37. The van der Waals surface area contributed by atoms with Gasteiger partial charge in [0, 0.05) is 22.3 Å². The molecule has 3 rings (SSSR count). The van der Waals surface area contributed by atoms with Crippen molar-refractivity contribution in [2.75, 3.05) is 5.32 Å². The van der Waals surface area contributed by atoms with Crippen LogP contribution in [0.25, 0.3) is 17.4 Å². The zero-order chi connectivity index (χ0) is 20.8. The molecule has 0 aliphatic heterocycles. The molecule has 0 saturated carbocycles. The number of benzene rings is 2. The lowest BCUT2D eigenvalue weighted by molar-refractivity contribution is -0.115. The highest BCUT2D eigenvalue weighted by molar-refractivity contribution is 7.80. The van der Waals surface area contributed by atoms with Gasteiger partial charge < -0.3 is 9.73 Å². The van der Waals surface area contributed by atoms with E-state index in [2.05, 4.69) is 17.6 Å². The van der Waals surface area contributed by atoms with Gasteiger partial charge in [-0.25, -0.2) is 0 Å². The van der Waals surface area contributed by atoms with Gasteiger partial charge in [-0.3, -0.25) is 10.1 Å². The normalized spacial score (nSPS) is 10.9. The van der Waals surface area contributed by atoms with Crippen molar-refractivity contribution in [3.05, 3.63) is 82.6 Å². The maximum atomic E-state index is 12.1. The lowest BCUT2D eigenvalue weighted by Gasteiger charge is -2.11. The van der Waals surface area contributed by atoms with Crippen molar-refractivity contribution in [2.24, 2.45) is 0 Å². The molecule has 0 bridgehead atoms. The number of thiocarbonyl (C=S) groups is 1. The fourth-order valence-electron chi connectivity index (χ4n) is 2.76. The van der Waals surface area contributed by atoms with Gasteiger partial charge in [0.2, 0.25) is 5.91 Å². The van der Waals surface area contributed by atoms with Gasteiger partial charge in [-0.05, 0) is 67.0 Å². The predicted molar refractivity (Wildman–Crippen MR) is 123 cm³/mol. The van der Waals surface area contributed by atoms with Crippen molar-refractivity contribution < 1.29 is 9.21 Å². The number of aryl methyl sites for hydroxylation is 2. The lowest BCUT2D eigenvalue weighted by atomic mass is 10.1. The van der Waals surface area contributed by atoms with Crippen molar-refractivity contribution >= 4 is 46.6 Å². The molecule has 0 aliphatic carbocycles. The zero-order valence-electron chi connectivity index (χ0n) is 16.2. The van der Waals surface area contributed by atoms with Crippen LogP contribution in [0.1, 0.15) is 23.8 Å². The van der Waals surface area contributed by atoms with Crippen molar-refractivity contribution in [1.29, 1.82) is 0 Å². The highest BCUT2D eigenvalue weighted by atomic mass is 35.5. The predicted octanol–water partition coefficient (Wildman–Crippen LogP) is 6.00. The molecule has 4 nitrogen and oxygen atoms in total. The summed E-state index contributed by atoms with van der Waals surface area (Å²) in [7, 11) is 0. The van der Waals surface area contributed by atoms with Crippen molar-refractivity contribution in [1.82, 2.24) is 5.32 Å². The van der Waals surface area contributed by atoms with Gasteiger partial charge >= 0.3 is 0 Å². The Morgan fingerprint density at radius 3 is 2.72 bits per heavy atom. The number of para-hydroxylation sites is 1. The molecule has 0 atom stereocenters. The van der Waals surface area contributed by atoms with E-state index in [4.69, 9.17) is 28.2 Å². The molecule has 0 radical (unpaired) electrons. The zero-order valence-corrected chi connectivity index (χ0v) is 17.7. The number of halogens is 1. The average molecular weight is 425 g/mol. The molecular formula is C23H21ClN2O2S. The summed E-state index contributed by atoms with van der Waals surface area (Å²) in [5.74, 6) is 0.898. The Kier molecular flexibility index (Phi) is 6.86. The van der Waals surface area contributed by atoms with E-state index in [1.165, 1.54) is 6.08 Å². The van der Waals surface area contributed by atoms with Gasteiger partial charge in [0.05, 0.1) is 0 Å². The van der Waals surface area contributed by atoms with E-state index in [0.717, 1.165) is 28.8 Å². The SMILES string of the molecule is CCc1ccccc1NC(=S)NC(=O)/C=C/c1ccc(-c2ccc(C)c(Cl)c2)o1. The number of rotatable bonds is 5. The van der Waals surface area contributed by atoms with Gasteiger partial charge in [-0.2, -0.15) is 0 Å². The quantitative estimate of drug-likeness (QED) is 0.389. The summed E-state index contributed by atoms with van der Waals surface area (Å²) in [5, 5.41) is 6.62. The van der Waals surface area contributed by atoms with Gasteiger partial charge in [-0.1, -0.05) is 48.9 Å². The number of amides is 1. The van der Waals surface area contributed by atoms with Crippen LogP contribution in [0.2, 0.25) is 5.02 Å². The van der Waals surface area contributed by atoms with Gasteiger partial charge in [0.15, 0.2) is 5.11 Å². The molecule has 29 heavy (non-hydrogen) atoms.